The number of rotatable bonds is 22. The van der Waals surface area contributed by atoms with Gasteiger partial charge in [-0.25, -0.2) is 72.2 Å². The number of fused-ring (bicyclic) bond motifs is 3. The van der Waals surface area contributed by atoms with Gasteiger partial charge in [0.05, 0.1) is 67.7 Å². The van der Waals surface area contributed by atoms with Crippen molar-refractivity contribution in [3.8, 4) is 11.8 Å². The molecule has 3 aliphatic carbocycles. The van der Waals surface area contributed by atoms with E-state index in [1.54, 1.807) is 60.8 Å². The Balaban J connectivity index is 0.000000164. The van der Waals surface area contributed by atoms with E-state index in [0.717, 1.165) is 105 Å². The molecule has 1 unspecified atom stereocenters. The molecule has 1 saturated heterocycles. The molecular weight excluding hydrogens is 1420 g/mol. The fourth-order valence-electron chi connectivity index (χ4n) is 13.0. The molecular formula is C75H91FN24O8S. The highest BCUT2D eigenvalue weighted by atomic mass is 32.2. The molecule has 1 fully saturated rings. The van der Waals surface area contributed by atoms with Gasteiger partial charge in [-0.05, 0) is 140 Å². The summed E-state index contributed by atoms with van der Waals surface area (Å²) in [6.07, 6.45) is 23.1. The van der Waals surface area contributed by atoms with Crippen LogP contribution in [0.5, 0.6) is 11.8 Å². The molecule has 572 valence electrons. The van der Waals surface area contributed by atoms with Gasteiger partial charge in [-0.3, -0.25) is 34.6 Å². The fraction of sp³-hybridized carbons (Fsp3) is 0.373. The first-order valence-corrected chi connectivity index (χ1v) is 37.4. The predicted octanol–water partition coefficient (Wildman–Crippen LogP) is 9.32. The van der Waals surface area contributed by atoms with E-state index >= 15 is 0 Å². The molecule has 109 heavy (non-hydrogen) atoms. The second kappa shape index (κ2) is 33.6. The maximum Gasteiger partial charge on any atom is 0.320 e. The average Bonchev–Trinajstić information content (AvgIpc) is 1.63. The van der Waals surface area contributed by atoms with Gasteiger partial charge in [-0.15, -0.1) is 10.2 Å². The second-order valence-electron chi connectivity index (χ2n) is 27.7. The number of piperazine rings is 1. The summed E-state index contributed by atoms with van der Waals surface area (Å²) in [5.74, 6) is 2.49. The third kappa shape index (κ3) is 18.1. The number of nitrogens with zero attached hydrogens (tertiary/aromatic N) is 16. The Morgan fingerprint density at radius 1 is 0.596 bits per heavy atom. The third-order valence-electron chi connectivity index (χ3n) is 18.4. The van der Waals surface area contributed by atoms with Crippen molar-refractivity contribution in [1.29, 1.82) is 0 Å². The van der Waals surface area contributed by atoms with Crippen molar-refractivity contribution in [3.05, 3.63) is 171 Å². The van der Waals surface area contributed by atoms with Crippen LogP contribution in [0.25, 0.3) is 16.7 Å². The first-order chi connectivity index (χ1) is 52.0. The molecule has 34 heteroatoms. The predicted molar refractivity (Wildman–Crippen MR) is 414 cm³/mol. The van der Waals surface area contributed by atoms with E-state index in [4.69, 9.17) is 19.4 Å². The molecule has 1 aromatic carbocycles. The van der Waals surface area contributed by atoms with Crippen LogP contribution in [-0.2, 0) is 48.0 Å². The quantitative estimate of drug-likeness (QED) is 0.0305. The zero-order valence-electron chi connectivity index (χ0n) is 63.6. The minimum absolute atomic E-state index is 0.0314. The number of aryl methyl sites for hydroxylation is 5. The first-order valence-electron chi connectivity index (χ1n) is 35.5. The Hall–Kier alpha value is -11.8. The van der Waals surface area contributed by atoms with Crippen molar-refractivity contribution < 1.29 is 41.8 Å². The number of aromatic nitrogens is 14. The number of allylic oxidation sites excluding steroid dienone is 3. The lowest BCUT2D eigenvalue weighted by molar-refractivity contribution is -0.122. The van der Waals surface area contributed by atoms with E-state index in [2.05, 4.69) is 128 Å². The fourth-order valence-corrected chi connectivity index (χ4v) is 13.8. The second-order valence-corrected chi connectivity index (χ2v) is 29.7. The van der Waals surface area contributed by atoms with Crippen molar-refractivity contribution in [2.45, 2.75) is 123 Å². The number of halogens is 1. The van der Waals surface area contributed by atoms with Gasteiger partial charge >= 0.3 is 12.1 Å². The number of carbonyl (C=O) groups excluding carboxylic acids is 3. The number of hydrogen-bond acceptors (Lipinski definition) is 25. The molecule has 1 atom stereocenters. The lowest BCUT2D eigenvalue weighted by Crippen LogP contribution is -2.59. The van der Waals surface area contributed by atoms with Gasteiger partial charge in [0.15, 0.2) is 15.7 Å². The number of hydrogen-bond donors (Lipinski definition) is 9. The molecule has 13 rings (SSSR count). The summed E-state index contributed by atoms with van der Waals surface area (Å²) in [5.41, 5.74) is 13.9. The molecule has 5 amide bonds. The van der Waals surface area contributed by atoms with Gasteiger partial charge in [-0.1, -0.05) is 31.2 Å². The van der Waals surface area contributed by atoms with Crippen LogP contribution in [-0.4, -0.2) is 188 Å². The first kappa shape index (κ1) is 78.3. The normalized spacial score (nSPS) is 14.1. The Morgan fingerprint density at radius 3 is 1.50 bits per heavy atom. The maximum absolute atomic E-state index is 14.8. The van der Waals surface area contributed by atoms with E-state index in [0.29, 0.717) is 89.6 Å². The van der Waals surface area contributed by atoms with Crippen LogP contribution in [0.4, 0.5) is 66.3 Å². The lowest BCUT2D eigenvalue weighted by atomic mass is 10.0. The summed E-state index contributed by atoms with van der Waals surface area (Å²) < 4.78 is 52.5. The van der Waals surface area contributed by atoms with E-state index in [9.17, 15) is 32.3 Å². The van der Waals surface area contributed by atoms with E-state index in [1.807, 2.05) is 93.9 Å². The highest BCUT2D eigenvalue weighted by Crippen LogP contribution is 2.40. The van der Waals surface area contributed by atoms with Gasteiger partial charge < -0.3 is 46.5 Å². The molecule has 9 heterocycles. The van der Waals surface area contributed by atoms with Gasteiger partial charge in [0.2, 0.25) is 23.8 Å². The number of amides is 5. The van der Waals surface area contributed by atoms with Crippen molar-refractivity contribution in [2.24, 2.45) is 14.1 Å². The summed E-state index contributed by atoms with van der Waals surface area (Å²) in [4.78, 5) is 86.8. The van der Waals surface area contributed by atoms with Crippen LogP contribution in [0, 0.1) is 26.6 Å². The Kier molecular flexibility index (Phi) is 24.1. The number of benzene rings is 1. The molecule has 4 aliphatic rings. The number of anilines is 9. The molecule has 0 saturated carbocycles. The molecule has 8 aromatic heterocycles. The van der Waals surface area contributed by atoms with Gasteiger partial charge in [0.1, 0.15) is 40.1 Å². The molecule has 32 nitrogen and oxygen atoms in total. The van der Waals surface area contributed by atoms with Gasteiger partial charge in [0, 0.05) is 129 Å². The Morgan fingerprint density at radius 2 is 1.05 bits per heavy atom. The van der Waals surface area contributed by atoms with E-state index in [-0.39, 0.29) is 59.9 Å². The van der Waals surface area contributed by atoms with E-state index < -0.39 is 20.5 Å². The summed E-state index contributed by atoms with van der Waals surface area (Å²) in [5, 5.41) is 41.8. The number of methoxy groups -OCH3 is 2. The van der Waals surface area contributed by atoms with Gasteiger partial charge in [-0.2, -0.15) is 0 Å². The molecule has 1 aliphatic heterocycles. The smallest absolute Gasteiger partial charge is 0.320 e. The van der Waals surface area contributed by atoms with Crippen LogP contribution in [0.3, 0.4) is 0 Å². The van der Waals surface area contributed by atoms with Crippen molar-refractivity contribution in [1.82, 2.24) is 89.8 Å². The third-order valence-corrected chi connectivity index (χ3v) is 19.5. The number of aliphatic hydroxyl groups is 1. The standard InChI is InChI=1S/C30H41N9O3.C23H24FN7O3S.C22H26N8O2/c1-7-24(38-12-14-39(15-13-38)30(3,4)18-40)27(41)35-26-22-9-8-21(20(22)10-11-31-26)25-19(2)16-32-29(34-25)33-23-17-37(5)36-28(23)42-6;1-12(2)28-23(32)31-21-15-9-8-14(20(15)26-11-27-21)19-13(3)10-25-22(30-19)29-16-6-5-7-17(18(16)24)35(4,33)34;1-12(2)25-22(31)28-19-16-7-6-15(14(16)8-9-23-19)18-13(3)10-24-21(27-18)26-17-11-30(4)29-20(17)32-5/h8,10-11,16-17,24,40H,7,9,12-15,18H2,1-6H3,(H,31,35,41)(H,32,33,34);5-8,10-12H,9H2,1-4H3,(H,25,29,30)(H2,26,27,28,31,32);6,8-12H,7H2,1-5H3,(H,24,26,27)(H2,23,25,28,31). The number of carbonyl (C=O) groups is 3. The number of pyridine rings is 2. The summed E-state index contributed by atoms with van der Waals surface area (Å²) >= 11 is 0. The number of aliphatic hydroxyl groups excluding tert-OH is 1. The van der Waals surface area contributed by atoms with Crippen molar-refractivity contribution in [2.75, 3.05) is 85.2 Å². The number of ether oxygens (including phenoxy) is 2. The topological polar surface area (TPSA) is 391 Å². The minimum Gasteiger partial charge on any atom is -0.478 e. The van der Waals surface area contributed by atoms with Crippen molar-refractivity contribution in [3.63, 3.8) is 0 Å². The van der Waals surface area contributed by atoms with Crippen LogP contribution in [0.15, 0.2) is 103 Å². The zero-order chi connectivity index (χ0) is 78.2. The lowest BCUT2D eigenvalue weighted by Gasteiger charge is -2.44. The Labute approximate surface area is 631 Å². The largest absolute Gasteiger partial charge is 0.478 e. The monoisotopic (exact) mass is 1510 g/mol. The molecule has 0 bridgehead atoms. The molecule has 9 aromatic rings. The summed E-state index contributed by atoms with van der Waals surface area (Å²) in [7, 11) is 3.03. The Bertz CT molecular complexity index is 5130. The minimum atomic E-state index is -3.74. The van der Waals surface area contributed by atoms with Crippen LogP contribution >= 0.6 is 0 Å². The molecule has 0 spiro atoms. The molecule has 0 radical (unpaired) electrons. The summed E-state index contributed by atoms with van der Waals surface area (Å²) in [6, 6.07) is 7.08. The number of sulfone groups is 1. The highest BCUT2D eigenvalue weighted by Gasteiger charge is 2.35. The molecule has 9 N–H and O–H groups in total. The van der Waals surface area contributed by atoms with Crippen molar-refractivity contribution >= 4 is 96.9 Å². The number of urea groups is 2. The SMILES string of the molecule is CCC(C(=O)Nc1nccc2c1CC=C2c1nc(Nc2cn(C)nc2OC)ncc1C)N1CCN(C(C)(C)CO)CC1.COc1nn(C)cc1Nc1ncc(C)c(C2=CCc3c2ccnc3NC(=O)NC(C)C)n1.Cc1cnc(Nc2cccc(S(C)(=O)=O)c2F)nc1C1=CCc2c(NC(=O)NC(C)C)ncnc21. The average molecular weight is 1510 g/mol. The van der Waals surface area contributed by atoms with Crippen LogP contribution in [0.2, 0.25) is 0 Å². The maximum atomic E-state index is 14.8. The van der Waals surface area contributed by atoms with Crippen LogP contribution in [0.1, 0.15) is 122 Å². The summed E-state index contributed by atoms with van der Waals surface area (Å²) in [6.45, 7) is 22.7. The number of nitrogens with one attached hydrogen (secondary N) is 8. The van der Waals surface area contributed by atoms with E-state index in [1.165, 1.54) is 24.5 Å². The van der Waals surface area contributed by atoms with Gasteiger partial charge in [0.25, 0.3) is 11.8 Å². The van der Waals surface area contributed by atoms with Crippen LogP contribution < -0.4 is 52.0 Å². The highest BCUT2D eigenvalue weighted by molar-refractivity contribution is 7.90. The zero-order valence-corrected chi connectivity index (χ0v) is 64.4.